The van der Waals surface area contributed by atoms with E-state index in [9.17, 15) is 0 Å². The van der Waals surface area contributed by atoms with Crippen molar-refractivity contribution in [1.29, 1.82) is 0 Å². The van der Waals surface area contributed by atoms with Gasteiger partial charge in [-0.1, -0.05) is 12.8 Å². The molecule has 1 aromatic rings. The maximum atomic E-state index is 5.76. The molecule has 0 spiro atoms. The molecule has 0 amide bonds. The van der Waals surface area contributed by atoms with E-state index in [0.717, 1.165) is 0 Å². The number of nitrogens with zero attached hydrogens (tertiary/aromatic N) is 3. The van der Waals surface area contributed by atoms with E-state index in [1.807, 2.05) is 6.92 Å². The fourth-order valence-corrected chi connectivity index (χ4v) is 2.09. The van der Waals surface area contributed by atoms with Crippen molar-refractivity contribution in [1.82, 2.24) is 15.0 Å². The predicted molar refractivity (Wildman–Crippen MR) is 63.5 cm³/mol. The number of ether oxygens (including phenoxy) is 2. The van der Waals surface area contributed by atoms with Crippen LogP contribution in [0, 0.1) is 5.92 Å². The number of aromatic nitrogens is 3. The summed E-state index contributed by atoms with van der Waals surface area (Å²) < 4.78 is 10.7. The van der Waals surface area contributed by atoms with Crippen molar-refractivity contribution in [3.05, 3.63) is 5.28 Å². The highest BCUT2D eigenvalue weighted by Crippen LogP contribution is 2.25. The molecule has 1 aliphatic carbocycles. The Bertz CT molecular complexity index is 370. The lowest BCUT2D eigenvalue weighted by Gasteiger charge is -2.10. The quantitative estimate of drug-likeness (QED) is 0.811. The van der Waals surface area contributed by atoms with Gasteiger partial charge in [0.1, 0.15) is 0 Å². The first kappa shape index (κ1) is 12.4. The van der Waals surface area contributed by atoms with Crippen LogP contribution in [0.5, 0.6) is 12.0 Å². The Morgan fingerprint density at radius 2 is 1.76 bits per heavy atom. The zero-order valence-corrected chi connectivity index (χ0v) is 10.6. The Labute approximate surface area is 106 Å². The zero-order chi connectivity index (χ0) is 12.1. The molecule has 0 aliphatic heterocycles. The third-order valence-corrected chi connectivity index (χ3v) is 2.93. The maximum absolute atomic E-state index is 5.76. The second-order valence-electron chi connectivity index (χ2n) is 4.06. The molecule has 1 heterocycles. The van der Waals surface area contributed by atoms with Crippen molar-refractivity contribution in [3.8, 4) is 12.0 Å². The summed E-state index contributed by atoms with van der Waals surface area (Å²) in [4.78, 5) is 11.8. The third kappa shape index (κ3) is 3.70. The largest absolute Gasteiger partial charge is 0.464 e. The first-order valence-corrected chi connectivity index (χ1v) is 6.33. The predicted octanol–water partition coefficient (Wildman–Crippen LogP) is 2.49. The highest BCUT2D eigenvalue weighted by molar-refractivity contribution is 6.28. The van der Waals surface area contributed by atoms with E-state index in [-0.39, 0.29) is 17.3 Å². The van der Waals surface area contributed by atoms with Crippen LogP contribution in [0.3, 0.4) is 0 Å². The second kappa shape index (κ2) is 6.00. The van der Waals surface area contributed by atoms with Gasteiger partial charge in [-0.05, 0) is 37.3 Å². The first-order chi connectivity index (χ1) is 8.28. The summed E-state index contributed by atoms with van der Waals surface area (Å²) in [6, 6.07) is 0.467. The van der Waals surface area contributed by atoms with Crippen LogP contribution in [0.1, 0.15) is 32.6 Å². The molecule has 1 fully saturated rings. The molecule has 0 atom stereocenters. The first-order valence-electron chi connectivity index (χ1n) is 5.95. The SMILES string of the molecule is CCOc1nc(Cl)nc(OCC2CCCC2)n1. The van der Waals surface area contributed by atoms with Crippen LogP contribution in [0.15, 0.2) is 0 Å². The summed E-state index contributed by atoms with van der Waals surface area (Å²) in [6.45, 7) is 2.99. The number of hydrogen-bond donors (Lipinski definition) is 0. The lowest BCUT2D eigenvalue weighted by Crippen LogP contribution is -2.11. The summed E-state index contributed by atoms with van der Waals surface area (Å²) in [6.07, 6.45) is 5.01. The van der Waals surface area contributed by atoms with Gasteiger partial charge in [-0.15, -0.1) is 4.98 Å². The zero-order valence-electron chi connectivity index (χ0n) is 9.86. The van der Waals surface area contributed by atoms with Gasteiger partial charge >= 0.3 is 12.0 Å². The van der Waals surface area contributed by atoms with E-state index in [2.05, 4.69) is 15.0 Å². The van der Waals surface area contributed by atoms with Crippen molar-refractivity contribution >= 4 is 11.6 Å². The van der Waals surface area contributed by atoms with Crippen LogP contribution >= 0.6 is 11.6 Å². The number of hydrogen-bond acceptors (Lipinski definition) is 5. The molecule has 1 aromatic heterocycles. The summed E-state index contributed by atoms with van der Waals surface area (Å²) in [7, 11) is 0. The average molecular weight is 258 g/mol. The van der Waals surface area contributed by atoms with E-state index in [4.69, 9.17) is 21.1 Å². The molecule has 1 aliphatic rings. The van der Waals surface area contributed by atoms with Crippen LogP contribution in [0.4, 0.5) is 0 Å². The molecule has 2 rings (SSSR count). The van der Waals surface area contributed by atoms with Gasteiger partial charge in [0.05, 0.1) is 13.2 Å². The van der Waals surface area contributed by atoms with E-state index >= 15 is 0 Å². The molecular weight excluding hydrogens is 242 g/mol. The minimum Gasteiger partial charge on any atom is -0.464 e. The average Bonchev–Trinajstić information content (AvgIpc) is 2.79. The minimum absolute atomic E-state index is 0.102. The lowest BCUT2D eigenvalue weighted by atomic mass is 10.1. The number of rotatable bonds is 5. The molecule has 0 aromatic carbocycles. The van der Waals surface area contributed by atoms with Crippen LogP contribution in [0.2, 0.25) is 5.28 Å². The molecule has 0 unspecified atom stereocenters. The van der Waals surface area contributed by atoms with Gasteiger partial charge in [0.15, 0.2) is 0 Å². The lowest BCUT2D eigenvalue weighted by molar-refractivity contribution is 0.226. The summed E-state index contributed by atoms with van der Waals surface area (Å²) in [5.41, 5.74) is 0. The Balaban J connectivity index is 1.94. The number of halogens is 1. The van der Waals surface area contributed by atoms with Crippen LogP contribution in [-0.2, 0) is 0 Å². The normalized spacial score (nSPS) is 16.1. The smallest absolute Gasteiger partial charge is 0.323 e. The van der Waals surface area contributed by atoms with Gasteiger partial charge in [-0.25, -0.2) is 0 Å². The van der Waals surface area contributed by atoms with Gasteiger partial charge in [0.25, 0.3) is 0 Å². The fourth-order valence-electron chi connectivity index (χ4n) is 1.94. The second-order valence-corrected chi connectivity index (χ2v) is 4.40. The Kier molecular flexibility index (Phi) is 4.36. The van der Waals surface area contributed by atoms with E-state index in [1.165, 1.54) is 25.7 Å². The highest BCUT2D eigenvalue weighted by Gasteiger charge is 2.16. The summed E-state index contributed by atoms with van der Waals surface area (Å²) in [5, 5.41) is 0.102. The van der Waals surface area contributed by atoms with E-state index in [1.54, 1.807) is 0 Å². The van der Waals surface area contributed by atoms with E-state index < -0.39 is 0 Å². The summed E-state index contributed by atoms with van der Waals surface area (Å²) >= 11 is 5.76. The van der Waals surface area contributed by atoms with Crippen molar-refractivity contribution in [3.63, 3.8) is 0 Å². The molecule has 0 radical (unpaired) electrons. The monoisotopic (exact) mass is 257 g/mol. The fraction of sp³-hybridized carbons (Fsp3) is 0.727. The van der Waals surface area contributed by atoms with Crippen LogP contribution < -0.4 is 9.47 Å². The van der Waals surface area contributed by atoms with Crippen molar-refractivity contribution in [2.24, 2.45) is 5.92 Å². The topological polar surface area (TPSA) is 57.1 Å². The van der Waals surface area contributed by atoms with Gasteiger partial charge in [-0.3, -0.25) is 0 Å². The van der Waals surface area contributed by atoms with Gasteiger partial charge in [0, 0.05) is 0 Å². The van der Waals surface area contributed by atoms with Crippen molar-refractivity contribution in [2.45, 2.75) is 32.6 Å². The molecule has 17 heavy (non-hydrogen) atoms. The van der Waals surface area contributed by atoms with Crippen LogP contribution in [0.25, 0.3) is 0 Å². The molecular formula is C11H16ClN3O2. The Morgan fingerprint density at radius 3 is 2.41 bits per heavy atom. The van der Waals surface area contributed by atoms with Crippen molar-refractivity contribution < 1.29 is 9.47 Å². The van der Waals surface area contributed by atoms with Gasteiger partial charge in [-0.2, -0.15) is 9.97 Å². The van der Waals surface area contributed by atoms with Crippen LogP contribution in [-0.4, -0.2) is 28.2 Å². The maximum Gasteiger partial charge on any atom is 0.323 e. The molecule has 1 saturated carbocycles. The van der Waals surface area contributed by atoms with Gasteiger partial charge < -0.3 is 9.47 Å². The van der Waals surface area contributed by atoms with E-state index in [0.29, 0.717) is 19.1 Å². The Hall–Kier alpha value is -1.10. The van der Waals surface area contributed by atoms with Gasteiger partial charge in [0.2, 0.25) is 5.28 Å². The highest BCUT2D eigenvalue weighted by atomic mass is 35.5. The third-order valence-electron chi connectivity index (χ3n) is 2.76. The minimum atomic E-state index is 0.102. The van der Waals surface area contributed by atoms with Crippen molar-refractivity contribution in [2.75, 3.05) is 13.2 Å². The molecule has 0 bridgehead atoms. The Morgan fingerprint density at radius 1 is 1.12 bits per heavy atom. The standard InChI is InChI=1S/C11H16ClN3O2/c1-2-16-10-13-9(12)14-11(15-10)17-7-8-5-3-4-6-8/h8H,2-7H2,1H3. The molecule has 5 nitrogen and oxygen atoms in total. The summed E-state index contributed by atoms with van der Waals surface area (Å²) in [5.74, 6) is 0.612. The molecule has 0 N–H and O–H groups in total. The molecule has 0 saturated heterocycles. The molecule has 94 valence electrons. The molecule has 6 heteroatoms.